The van der Waals surface area contributed by atoms with E-state index in [2.05, 4.69) is 5.32 Å². The topological polar surface area (TPSA) is 86.7 Å². The highest BCUT2D eigenvalue weighted by Gasteiger charge is 2.37. The first kappa shape index (κ1) is 10.9. The predicted molar refractivity (Wildman–Crippen MR) is 53.5 cm³/mol. The van der Waals surface area contributed by atoms with Gasteiger partial charge in [-0.3, -0.25) is 9.59 Å². The summed E-state index contributed by atoms with van der Waals surface area (Å²) in [6.45, 7) is -0.133. The molecule has 1 atom stereocenters. The standard InChI is InChI=1S/C10H14N2O4/c13-8(11-6-1-2-6)5-12-7(10(15)16)3-4-9(12)14/h6-7H,1-5H2,(H,11,13)(H,15,16). The minimum atomic E-state index is -1.04. The normalized spacial score (nSPS) is 24.6. The van der Waals surface area contributed by atoms with Gasteiger partial charge in [-0.1, -0.05) is 0 Å². The Balaban J connectivity index is 1.92. The summed E-state index contributed by atoms with van der Waals surface area (Å²) in [5, 5.41) is 11.6. The molecule has 1 heterocycles. The second kappa shape index (κ2) is 4.11. The number of rotatable bonds is 4. The summed E-state index contributed by atoms with van der Waals surface area (Å²) in [6.07, 6.45) is 2.46. The Morgan fingerprint density at radius 2 is 2.06 bits per heavy atom. The summed E-state index contributed by atoms with van der Waals surface area (Å²) in [7, 11) is 0. The van der Waals surface area contributed by atoms with E-state index in [0.29, 0.717) is 6.42 Å². The molecule has 2 N–H and O–H groups in total. The molecule has 1 saturated carbocycles. The number of carboxylic acid groups (broad SMARTS) is 1. The van der Waals surface area contributed by atoms with Gasteiger partial charge in [0.15, 0.2) is 0 Å². The zero-order valence-corrected chi connectivity index (χ0v) is 8.81. The van der Waals surface area contributed by atoms with E-state index in [1.807, 2.05) is 0 Å². The number of hydrogen-bond acceptors (Lipinski definition) is 3. The summed E-state index contributed by atoms with van der Waals surface area (Å²) in [5.41, 5.74) is 0. The van der Waals surface area contributed by atoms with E-state index in [-0.39, 0.29) is 30.8 Å². The van der Waals surface area contributed by atoms with E-state index in [1.54, 1.807) is 0 Å². The molecule has 6 nitrogen and oxygen atoms in total. The minimum Gasteiger partial charge on any atom is -0.480 e. The molecule has 16 heavy (non-hydrogen) atoms. The fourth-order valence-electron chi connectivity index (χ4n) is 1.84. The van der Waals surface area contributed by atoms with Crippen LogP contribution in [0.1, 0.15) is 25.7 Å². The molecular formula is C10H14N2O4. The molecule has 1 saturated heterocycles. The third kappa shape index (κ3) is 2.32. The van der Waals surface area contributed by atoms with Gasteiger partial charge < -0.3 is 15.3 Å². The largest absolute Gasteiger partial charge is 0.480 e. The third-order valence-electron chi connectivity index (χ3n) is 2.87. The van der Waals surface area contributed by atoms with E-state index < -0.39 is 12.0 Å². The van der Waals surface area contributed by atoms with Crippen molar-refractivity contribution in [1.29, 1.82) is 0 Å². The summed E-state index contributed by atoms with van der Waals surface area (Å²) in [4.78, 5) is 34.9. The number of likely N-dealkylation sites (tertiary alicyclic amines) is 1. The van der Waals surface area contributed by atoms with Crippen LogP contribution < -0.4 is 5.32 Å². The molecule has 0 radical (unpaired) electrons. The van der Waals surface area contributed by atoms with Crippen molar-refractivity contribution >= 4 is 17.8 Å². The smallest absolute Gasteiger partial charge is 0.326 e. The van der Waals surface area contributed by atoms with Crippen LogP contribution in [0.25, 0.3) is 0 Å². The van der Waals surface area contributed by atoms with Gasteiger partial charge in [0.05, 0.1) is 0 Å². The molecule has 1 unspecified atom stereocenters. The molecule has 2 amide bonds. The molecule has 1 aliphatic heterocycles. The molecule has 6 heteroatoms. The van der Waals surface area contributed by atoms with Crippen molar-refractivity contribution in [1.82, 2.24) is 10.2 Å². The van der Waals surface area contributed by atoms with Gasteiger partial charge in [0.2, 0.25) is 11.8 Å². The van der Waals surface area contributed by atoms with Crippen molar-refractivity contribution in [2.45, 2.75) is 37.8 Å². The number of hydrogen-bond donors (Lipinski definition) is 2. The maximum Gasteiger partial charge on any atom is 0.326 e. The zero-order chi connectivity index (χ0) is 11.7. The van der Waals surface area contributed by atoms with E-state index in [0.717, 1.165) is 17.7 Å². The lowest BCUT2D eigenvalue weighted by molar-refractivity contribution is -0.147. The van der Waals surface area contributed by atoms with Crippen LogP contribution in [0.15, 0.2) is 0 Å². The van der Waals surface area contributed by atoms with Crippen molar-refractivity contribution in [3.05, 3.63) is 0 Å². The number of nitrogens with one attached hydrogen (secondary N) is 1. The number of carbonyl (C=O) groups excluding carboxylic acids is 2. The Bertz CT molecular complexity index is 338. The molecule has 2 aliphatic rings. The second-order valence-electron chi connectivity index (χ2n) is 4.26. The molecule has 2 fully saturated rings. The Morgan fingerprint density at radius 1 is 1.38 bits per heavy atom. The molecular weight excluding hydrogens is 212 g/mol. The van der Waals surface area contributed by atoms with E-state index >= 15 is 0 Å². The van der Waals surface area contributed by atoms with E-state index in [4.69, 9.17) is 5.11 Å². The van der Waals surface area contributed by atoms with Crippen LogP contribution in [0, 0.1) is 0 Å². The van der Waals surface area contributed by atoms with E-state index in [1.165, 1.54) is 0 Å². The van der Waals surface area contributed by atoms with Crippen LogP contribution in [0.4, 0.5) is 0 Å². The molecule has 0 aromatic rings. The molecule has 0 aromatic carbocycles. The van der Waals surface area contributed by atoms with Crippen molar-refractivity contribution < 1.29 is 19.5 Å². The quantitative estimate of drug-likeness (QED) is 0.666. The highest BCUT2D eigenvalue weighted by atomic mass is 16.4. The number of carbonyl (C=O) groups is 3. The third-order valence-corrected chi connectivity index (χ3v) is 2.87. The fourth-order valence-corrected chi connectivity index (χ4v) is 1.84. The monoisotopic (exact) mass is 226 g/mol. The Labute approximate surface area is 92.6 Å². The molecule has 0 spiro atoms. The van der Waals surface area contributed by atoms with Gasteiger partial charge in [-0.05, 0) is 19.3 Å². The van der Waals surface area contributed by atoms with Gasteiger partial charge in [0, 0.05) is 12.5 Å². The van der Waals surface area contributed by atoms with Crippen LogP contribution in [0.3, 0.4) is 0 Å². The summed E-state index contributed by atoms with van der Waals surface area (Å²) in [6, 6.07) is -0.606. The van der Waals surface area contributed by atoms with Crippen LogP contribution in [0.2, 0.25) is 0 Å². The van der Waals surface area contributed by atoms with Gasteiger partial charge >= 0.3 is 5.97 Å². The number of nitrogens with zero attached hydrogens (tertiary/aromatic N) is 1. The number of aliphatic carboxylic acids is 1. The van der Waals surface area contributed by atoms with Crippen molar-refractivity contribution in [3.8, 4) is 0 Å². The lowest BCUT2D eigenvalue weighted by atomic mass is 10.2. The first-order chi connectivity index (χ1) is 7.58. The van der Waals surface area contributed by atoms with Crippen LogP contribution in [-0.4, -0.2) is 46.4 Å². The SMILES string of the molecule is O=C(CN1C(=O)CCC1C(=O)O)NC1CC1. The molecule has 0 bridgehead atoms. The average molecular weight is 226 g/mol. The Morgan fingerprint density at radius 3 is 2.62 bits per heavy atom. The van der Waals surface area contributed by atoms with Crippen LogP contribution in [0.5, 0.6) is 0 Å². The maximum absolute atomic E-state index is 11.5. The highest BCUT2D eigenvalue weighted by molar-refractivity contribution is 5.91. The first-order valence-corrected chi connectivity index (χ1v) is 5.39. The van der Waals surface area contributed by atoms with Crippen molar-refractivity contribution in [2.75, 3.05) is 6.54 Å². The van der Waals surface area contributed by atoms with Crippen molar-refractivity contribution in [2.24, 2.45) is 0 Å². The molecule has 2 rings (SSSR count). The average Bonchev–Trinajstić information content (AvgIpc) is 2.92. The minimum absolute atomic E-state index is 0.133. The number of carboxylic acids is 1. The summed E-state index contributed by atoms with van der Waals surface area (Å²) >= 11 is 0. The second-order valence-corrected chi connectivity index (χ2v) is 4.26. The summed E-state index contributed by atoms with van der Waals surface area (Å²) in [5.74, 6) is -1.55. The lowest BCUT2D eigenvalue weighted by Crippen LogP contribution is -2.45. The number of amides is 2. The fraction of sp³-hybridized carbons (Fsp3) is 0.700. The molecule has 1 aliphatic carbocycles. The predicted octanol–water partition coefficient (Wildman–Crippen LogP) is -0.659. The van der Waals surface area contributed by atoms with Gasteiger partial charge in [-0.25, -0.2) is 4.79 Å². The van der Waals surface area contributed by atoms with Crippen molar-refractivity contribution in [3.63, 3.8) is 0 Å². The summed E-state index contributed by atoms with van der Waals surface area (Å²) < 4.78 is 0. The molecule has 0 aromatic heterocycles. The lowest BCUT2D eigenvalue weighted by Gasteiger charge is -2.20. The Kier molecular flexibility index (Phi) is 2.80. The maximum atomic E-state index is 11.5. The van der Waals surface area contributed by atoms with Crippen LogP contribution in [-0.2, 0) is 14.4 Å². The van der Waals surface area contributed by atoms with Gasteiger partial charge in [-0.2, -0.15) is 0 Å². The van der Waals surface area contributed by atoms with Gasteiger partial charge in [-0.15, -0.1) is 0 Å². The van der Waals surface area contributed by atoms with Crippen LogP contribution >= 0.6 is 0 Å². The first-order valence-electron chi connectivity index (χ1n) is 5.39. The van der Waals surface area contributed by atoms with Gasteiger partial charge in [0.1, 0.15) is 12.6 Å². The molecule has 88 valence electrons. The zero-order valence-electron chi connectivity index (χ0n) is 8.81. The Hall–Kier alpha value is -1.59. The highest BCUT2D eigenvalue weighted by Crippen LogP contribution is 2.20. The van der Waals surface area contributed by atoms with Gasteiger partial charge in [0.25, 0.3) is 0 Å². The van der Waals surface area contributed by atoms with E-state index in [9.17, 15) is 14.4 Å².